The molecule has 0 aliphatic rings. The third-order valence-corrected chi connectivity index (χ3v) is 4.12. The van der Waals surface area contributed by atoms with Gasteiger partial charge in [0.1, 0.15) is 0 Å². The highest BCUT2D eigenvalue weighted by Crippen LogP contribution is 2.24. The molecule has 1 rings (SSSR count). The summed E-state index contributed by atoms with van der Waals surface area (Å²) in [6.07, 6.45) is 2.88. The zero-order valence-corrected chi connectivity index (χ0v) is 11.1. The monoisotopic (exact) mass is 245 g/mol. The van der Waals surface area contributed by atoms with E-state index in [1.807, 2.05) is 23.5 Å². The highest BCUT2D eigenvalue weighted by Gasteiger charge is 2.15. The van der Waals surface area contributed by atoms with Crippen molar-refractivity contribution in [3.8, 4) is 0 Å². The van der Waals surface area contributed by atoms with Crippen LogP contribution in [0.3, 0.4) is 0 Å². The average Bonchev–Trinajstić information content (AvgIpc) is 2.63. The van der Waals surface area contributed by atoms with E-state index in [9.17, 15) is 0 Å². The third-order valence-electron chi connectivity index (χ3n) is 1.88. The van der Waals surface area contributed by atoms with Crippen LogP contribution in [-0.4, -0.2) is 21.5 Å². The fourth-order valence-electron chi connectivity index (χ4n) is 1.10. The number of nitrogens with two attached hydrogens (primary N) is 1. The van der Waals surface area contributed by atoms with Crippen molar-refractivity contribution < 1.29 is 0 Å². The minimum atomic E-state index is 0.294. The van der Waals surface area contributed by atoms with Crippen molar-refractivity contribution in [1.29, 1.82) is 0 Å². The molecule has 0 saturated heterocycles. The number of thiazole rings is 1. The number of hydrogen-bond donors (Lipinski definition) is 2. The number of nitrogens with one attached hydrogen (secondary N) is 1. The van der Waals surface area contributed by atoms with Gasteiger partial charge in [0.25, 0.3) is 0 Å². The van der Waals surface area contributed by atoms with Gasteiger partial charge in [0.2, 0.25) is 0 Å². The number of hydrazine groups is 1. The first-order valence-electron chi connectivity index (χ1n) is 4.99. The van der Waals surface area contributed by atoms with E-state index in [0.717, 1.165) is 12.2 Å². The van der Waals surface area contributed by atoms with Crippen LogP contribution in [0.4, 0.5) is 0 Å². The normalized spacial score (nSPS) is 14.1. The van der Waals surface area contributed by atoms with Crippen LogP contribution in [0.5, 0.6) is 0 Å². The van der Waals surface area contributed by atoms with Crippen LogP contribution in [0.25, 0.3) is 0 Å². The molecule has 0 aliphatic carbocycles. The number of nitrogens with zero attached hydrogens (tertiary/aromatic N) is 1. The zero-order valence-electron chi connectivity index (χ0n) is 9.49. The van der Waals surface area contributed by atoms with Crippen LogP contribution in [0.1, 0.15) is 25.6 Å². The Labute approximate surface area is 99.8 Å². The summed E-state index contributed by atoms with van der Waals surface area (Å²) in [7, 11) is 0. The second-order valence-electron chi connectivity index (χ2n) is 4.46. The molecule has 1 aromatic heterocycles. The van der Waals surface area contributed by atoms with Gasteiger partial charge in [-0.1, -0.05) is 20.8 Å². The van der Waals surface area contributed by atoms with Crippen molar-refractivity contribution in [2.45, 2.75) is 38.0 Å². The van der Waals surface area contributed by atoms with E-state index < -0.39 is 0 Å². The molecule has 0 amide bonds. The van der Waals surface area contributed by atoms with Crippen molar-refractivity contribution in [1.82, 2.24) is 10.4 Å². The van der Waals surface area contributed by atoms with Gasteiger partial charge < -0.3 is 0 Å². The van der Waals surface area contributed by atoms with Gasteiger partial charge in [0.05, 0.1) is 5.51 Å². The second kappa shape index (κ2) is 5.84. The zero-order chi connectivity index (χ0) is 11.3. The molecule has 0 bridgehead atoms. The molecule has 0 saturated carbocycles. The Hall–Kier alpha value is -0.100. The Balaban J connectivity index is 2.36. The maximum absolute atomic E-state index is 5.54. The number of hydrogen-bond acceptors (Lipinski definition) is 5. The van der Waals surface area contributed by atoms with Gasteiger partial charge in [-0.05, 0) is 0 Å². The van der Waals surface area contributed by atoms with E-state index >= 15 is 0 Å². The van der Waals surface area contributed by atoms with Crippen LogP contribution >= 0.6 is 23.1 Å². The molecule has 0 spiro atoms. The molecule has 1 heterocycles. The SMILES string of the molecule is CC(C)(C)SCC(Cc1cncs1)NN. The molecular weight excluding hydrogens is 226 g/mol. The molecule has 3 nitrogen and oxygen atoms in total. The van der Waals surface area contributed by atoms with Crippen molar-refractivity contribution in [2.24, 2.45) is 5.84 Å². The van der Waals surface area contributed by atoms with Crippen LogP contribution < -0.4 is 11.3 Å². The van der Waals surface area contributed by atoms with E-state index in [1.165, 1.54) is 4.88 Å². The van der Waals surface area contributed by atoms with Crippen molar-refractivity contribution in [2.75, 3.05) is 5.75 Å². The summed E-state index contributed by atoms with van der Waals surface area (Å²) in [4.78, 5) is 5.35. The van der Waals surface area contributed by atoms with E-state index in [2.05, 4.69) is 31.2 Å². The van der Waals surface area contributed by atoms with Crippen LogP contribution in [0, 0.1) is 0 Å². The molecule has 15 heavy (non-hydrogen) atoms. The van der Waals surface area contributed by atoms with Gasteiger partial charge in [-0.2, -0.15) is 11.8 Å². The molecule has 0 aliphatic heterocycles. The molecule has 1 aromatic rings. The highest BCUT2D eigenvalue weighted by molar-refractivity contribution is 8.00. The number of thioether (sulfide) groups is 1. The van der Waals surface area contributed by atoms with Crippen molar-refractivity contribution >= 4 is 23.1 Å². The first-order valence-corrected chi connectivity index (χ1v) is 6.85. The van der Waals surface area contributed by atoms with E-state index in [4.69, 9.17) is 5.84 Å². The molecule has 5 heteroatoms. The van der Waals surface area contributed by atoms with Crippen LogP contribution in [0.2, 0.25) is 0 Å². The molecule has 1 atom stereocenters. The quantitative estimate of drug-likeness (QED) is 0.616. The molecular formula is C10H19N3S2. The van der Waals surface area contributed by atoms with Crippen molar-refractivity contribution in [3.05, 3.63) is 16.6 Å². The average molecular weight is 245 g/mol. The summed E-state index contributed by atoms with van der Waals surface area (Å²) in [5.41, 5.74) is 4.73. The van der Waals surface area contributed by atoms with E-state index in [0.29, 0.717) is 10.8 Å². The maximum Gasteiger partial charge on any atom is 0.0794 e. The van der Waals surface area contributed by atoms with Gasteiger partial charge in [-0.3, -0.25) is 16.3 Å². The Morgan fingerprint density at radius 1 is 1.60 bits per heavy atom. The second-order valence-corrected chi connectivity index (χ2v) is 7.28. The Kier molecular flexibility index (Phi) is 5.05. The summed E-state index contributed by atoms with van der Waals surface area (Å²) in [5.74, 6) is 6.57. The van der Waals surface area contributed by atoms with Crippen LogP contribution in [0.15, 0.2) is 11.7 Å². The standard InChI is InChI=1S/C10H19N3S2/c1-10(2,3)15-6-8(13-11)4-9-5-12-7-14-9/h5,7-8,13H,4,6,11H2,1-3H3. The van der Waals surface area contributed by atoms with Gasteiger partial charge in [-0.15, -0.1) is 11.3 Å². The Bertz CT molecular complexity index is 267. The first kappa shape index (κ1) is 13.0. The molecule has 1 unspecified atom stereocenters. The lowest BCUT2D eigenvalue weighted by atomic mass is 10.2. The minimum Gasteiger partial charge on any atom is -0.271 e. The lowest BCUT2D eigenvalue weighted by molar-refractivity contribution is 0.576. The van der Waals surface area contributed by atoms with Crippen LogP contribution in [-0.2, 0) is 6.42 Å². The molecule has 0 fully saturated rings. The van der Waals surface area contributed by atoms with Gasteiger partial charge in [0, 0.05) is 34.0 Å². The predicted octanol–water partition coefficient (Wildman–Crippen LogP) is 2.05. The molecule has 86 valence electrons. The smallest absolute Gasteiger partial charge is 0.0794 e. The maximum atomic E-state index is 5.54. The van der Waals surface area contributed by atoms with Gasteiger partial charge in [-0.25, -0.2) is 0 Å². The lowest BCUT2D eigenvalue weighted by Gasteiger charge is -2.22. The van der Waals surface area contributed by atoms with Gasteiger partial charge in [0.15, 0.2) is 0 Å². The Morgan fingerprint density at radius 2 is 2.33 bits per heavy atom. The van der Waals surface area contributed by atoms with E-state index in [-0.39, 0.29) is 0 Å². The fraction of sp³-hybridized carbons (Fsp3) is 0.700. The summed E-state index contributed by atoms with van der Waals surface area (Å²) in [6, 6.07) is 0.328. The largest absolute Gasteiger partial charge is 0.271 e. The Morgan fingerprint density at radius 3 is 2.80 bits per heavy atom. The molecule has 0 aromatic carbocycles. The predicted molar refractivity (Wildman–Crippen MR) is 69.1 cm³/mol. The first-order chi connectivity index (χ1) is 7.01. The lowest BCUT2D eigenvalue weighted by Crippen LogP contribution is -2.39. The summed E-state index contributed by atoms with van der Waals surface area (Å²) < 4.78 is 0.294. The minimum absolute atomic E-state index is 0.294. The van der Waals surface area contributed by atoms with Crippen molar-refractivity contribution in [3.63, 3.8) is 0 Å². The highest BCUT2D eigenvalue weighted by atomic mass is 32.2. The number of rotatable bonds is 5. The fourth-order valence-corrected chi connectivity index (χ4v) is 2.69. The summed E-state index contributed by atoms with van der Waals surface area (Å²) >= 11 is 3.61. The topological polar surface area (TPSA) is 50.9 Å². The molecule has 0 radical (unpaired) electrons. The molecule has 3 N–H and O–H groups in total. The summed E-state index contributed by atoms with van der Waals surface area (Å²) in [5, 5.41) is 0. The number of aromatic nitrogens is 1. The van der Waals surface area contributed by atoms with Gasteiger partial charge >= 0.3 is 0 Å². The summed E-state index contributed by atoms with van der Waals surface area (Å²) in [6.45, 7) is 6.66. The van der Waals surface area contributed by atoms with E-state index in [1.54, 1.807) is 11.3 Å². The third kappa shape index (κ3) is 5.51.